The summed E-state index contributed by atoms with van der Waals surface area (Å²) >= 11 is 0. The third kappa shape index (κ3) is 4.87. The van der Waals surface area contributed by atoms with E-state index in [1.165, 1.54) is 0 Å². The standard InChI is InChI=1S/C27H26N2O3/c1-20(17-18-28)25(26(31)32)29-24(30)19-27(21-11-5-2-6-12-21,22-13-7-3-8-14-22)23-15-9-4-10-16-23/h2-16,20,25H,17,19H2,1H3,(H,29,30)(H,31,32)/t20-,25+/m1/s1. The molecule has 0 fully saturated rings. The number of carboxylic acid groups (broad SMARTS) is 1. The van der Waals surface area contributed by atoms with Crippen molar-refractivity contribution < 1.29 is 14.7 Å². The van der Waals surface area contributed by atoms with Crippen LogP contribution in [0, 0.1) is 17.2 Å². The minimum Gasteiger partial charge on any atom is -0.480 e. The molecule has 5 nitrogen and oxygen atoms in total. The Morgan fingerprint density at radius 2 is 1.28 bits per heavy atom. The zero-order valence-corrected chi connectivity index (χ0v) is 17.9. The molecule has 162 valence electrons. The minimum atomic E-state index is -1.15. The fraction of sp³-hybridized carbons (Fsp3) is 0.222. The quantitative estimate of drug-likeness (QED) is 0.492. The van der Waals surface area contributed by atoms with E-state index in [1.807, 2.05) is 97.1 Å². The molecule has 0 heterocycles. The molecule has 0 unspecified atom stereocenters. The van der Waals surface area contributed by atoms with Crippen LogP contribution in [0.3, 0.4) is 0 Å². The van der Waals surface area contributed by atoms with Crippen LogP contribution in [0.25, 0.3) is 0 Å². The average molecular weight is 427 g/mol. The second-order valence-electron chi connectivity index (χ2n) is 7.90. The molecule has 0 saturated heterocycles. The average Bonchev–Trinajstić information content (AvgIpc) is 2.82. The molecule has 0 aromatic heterocycles. The summed E-state index contributed by atoms with van der Waals surface area (Å²) in [5, 5.41) is 21.3. The molecule has 0 aliphatic rings. The van der Waals surface area contributed by atoms with Crippen molar-refractivity contribution in [3.8, 4) is 6.07 Å². The zero-order valence-electron chi connectivity index (χ0n) is 17.9. The van der Waals surface area contributed by atoms with Gasteiger partial charge in [0.2, 0.25) is 5.91 Å². The summed E-state index contributed by atoms with van der Waals surface area (Å²) in [7, 11) is 0. The smallest absolute Gasteiger partial charge is 0.326 e. The largest absolute Gasteiger partial charge is 0.480 e. The van der Waals surface area contributed by atoms with E-state index in [1.54, 1.807) is 6.92 Å². The summed E-state index contributed by atoms with van der Waals surface area (Å²) in [6, 6.07) is 30.1. The Morgan fingerprint density at radius 1 is 0.875 bits per heavy atom. The summed E-state index contributed by atoms with van der Waals surface area (Å²) in [5.74, 6) is -2.05. The molecule has 3 aromatic rings. The van der Waals surface area contributed by atoms with E-state index in [2.05, 4.69) is 5.32 Å². The van der Waals surface area contributed by atoms with Gasteiger partial charge in [0.05, 0.1) is 11.5 Å². The van der Waals surface area contributed by atoms with Gasteiger partial charge >= 0.3 is 5.97 Å². The normalized spacial score (nSPS) is 12.9. The topological polar surface area (TPSA) is 90.2 Å². The van der Waals surface area contributed by atoms with E-state index in [-0.39, 0.29) is 12.8 Å². The lowest BCUT2D eigenvalue weighted by Crippen LogP contribution is -2.47. The lowest BCUT2D eigenvalue weighted by atomic mass is 9.67. The van der Waals surface area contributed by atoms with Crippen LogP contribution in [0.2, 0.25) is 0 Å². The molecular weight excluding hydrogens is 400 g/mol. The maximum absolute atomic E-state index is 13.3. The van der Waals surface area contributed by atoms with Gasteiger partial charge in [0, 0.05) is 18.8 Å². The zero-order chi connectivity index (χ0) is 23.0. The van der Waals surface area contributed by atoms with Crippen LogP contribution in [0.1, 0.15) is 36.5 Å². The first kappa shape index (κ1) is 22.8. The summed E-state index contributed by atoms with van der Waals surface area (Å²) in [4.78, 5) is 25.1. The Bertz CT molecular complexity index is 979. The molecule has 0 aliphatic carbocycles. The number of rotatable bonds is 9. The first-order valence-corrected chi connectivity index (χ1v) is 10.5. The second-order valence-corrected chi connectivity index (χ2v) is 7.90. The summed E-state index contributed by atoms with van der Waals surface area (Å²) < 4.78 is 0. The van der Waals surface area contributed by atoms with Crippen molar-refractivity contribution in [1.29, 1.82) is 5.26 Å². The number of carbonyl (C=O) groups excluding carboxylic acids is 1. The molecule has 3 aromatic carbocycles. The Labute approximate surface area is 188 Å². The van der Waals surface area contributed by atoms with Gasteiger partial charge in [-0.3, -0.25) is 4.79 Å². The number of carbonyl (C=O) groups is 2. The van der Waals surface area contributed by atoms with Crippen LogP contribution in [0.5, 0.6) is 0 Å². The molecule has 1 amide bonds. The minimum absolute atomic E-state index is 0.0219. The maximum Gasteiger partial charge on any atom is 0.326 e. The van der Waals surface area contributed by atoms with Gasteiger partial charge in [-0.2, -0.15) is 5.26 Å². The lowest BCUT2D eigenvalue weighted by Gasteiger charge is -2.36. The highest BCUT2D eigenvalue weighted by Gasteiger charge is 2.39. The molecule has 0 saturated carbocycles. The van der Waals surface area contributed by atoms with E-state index in [4.69, 9.17) is 5.26 Å². The van der Waals surface area contributed by atoms with Crippen molar-refractivity contribution in [2.24, 2.45) is 5.92 Å². The molecule has 0 radical (unpaired) electrons. The van der Waals surface area contributed by atoms with Crippen molar-refractivity contribution in [2.45, 2.75) is 31.2 Å². The van der Waals surface area contributed by atoms with Crippen LogP contribution in [0.15, 0.2) is 91.0 Å². The number of amides is 1. The highest BCUT2D eigenvalue weighted by Crippen LogP contribution is 2.42. The van der Waals surface area contributed by atoms with Gasteiger partial charge in [0.1, 0.15) is 6.04 Å². The van der Waals surface area contributed by atoms with Crippen LogP contribution in [-0.2, 0) is 15.0 Å². The molecule has 5 heteroatoms. The SMILES string of the molecule is C[C@H](CC#N)[C@H](NC(=O)CC(c1ccccc1)(c1ccccc1)c1ccccc1)C(=O)O. The van der Waals surface area contributed by atoms with E-state index in [9.17, 15) is 14.7 Å². The number of nitrogens with one attached hydrogen (secondary N) is 1. The number of benzene rings is 3. The Kier molecular flexibility index (Phi) is 7.41. The Morgan fingerprint density at radius 3 is 1.62 bits per heavy atom. The van der Waals surface area contributed by atoms with Crippen LogP contribution >= 0.6 is 0 Å². The molecule has 0 aliphatic heterocycles. The number of carboxylic acids is 1. The Balaban J connectivity index is 2.10. The van der Waals surface area contributed by atoms with Crippen LogP contribution < -0.4 is 5.32 Å². The van der Waals surface area contributed by atoms with Gasteiger partial charge in [0.15, 0.2) is 0 Å². The summed E-state index contributed by atoms with van der Waals surface area (Å²) in [5.41, 5.74) is 1.99. The van der Waals surface area contributed by atoms with E-state index in [0.717, 1.165) is 16.7 Å². The summed E-state index contributed by atoms with van der Waals surface area (Å²) in [6.07, 6.45) is 0.0620. The third-order valence-electron chi connectivity index (χ3n) is 5.79. The molecule has 2 atom stereocenters. The van der Waals surface area contributed by atoms with Gasteiger partial charge < -0.3 is 10.4 Å². The highest BCUT2D eigenvalue weighted by atomic mass is 16.4. The highest BCUT2D eigenvalue weighted by molar-refractivity contribution is 5.85. The van der Waals surface area contributed by atoms with Crippen molar-refractivity contribution >= 4 is 11.9 Å². The number of nitriles is 1. The first-order valence-electron chi connectivity index (χ1n) is 10.5. The lowest BCUT2D eigenvalue weighted by molar-refractivity contribution is -0.143. The van der Waals surface area contributed by atoms with Crippen molar-refractivity contribution in [2.75, 3.05) is 0 Å². The molecule has 32 heavy (non-hydrogen) atoms. The first-order chi connectivity index (χ1) is 15.5. The Hall–Kier alpha value is -3.91. The van der Waals surface area contributed by atoms with Crippen molar-refractivity contribution in [3.63, 3.8) is 0 Å². The van der Waals surface area contributed by atoms with E-state index >= 15 is 0 Å². The predicted molar refractivity (Wildman–Crippen MR) is 123 cm³/mol. The van der Waals surface area contributed by atoms with Gasteiger partial charge in [-0.25, -0.2) is 4.79 Å². The number of hydrogen-bond donors (Lipinski definition) is 2. The van der Waals surface area contributed by atoms with Crippen LogP contribution in [-0.4, -0.2) is 23.0 Å². The molecule has 3 rings (SSSR count). The van der Waals surface area contributed by atoms with Crippen LogP contribution in [0.4, 0.5) is 0 Å². The maximum atomic E-state index is 13.3. The fourth-order valence-corrected chi connectivity index (χ4v) is 4.15. The second kappa shape index (κ2) is 10.4. The van der Waals surface area contributed by atoms with Crippen molar-refractivity contribution in [1.82, 2.24) is 5.32 Å². The van der Waals surface area contributed by atoms with Gasteiger partial charge in [-0.15, -0.1) is 0 Å². The van der Waals surface area contributed by atoms with Gasteiger partial charge in [0.25, 0.3) is 0 Å². The fourth-order valence-electron chi connectivity index (χ4n) is 4.15. The number of hydrogen-bond acceptors (Lipinski definition) is 3. The monoisotopic (exact) mass is 426 g/mol. The van der Waals surface area contributed by atoms with Crippen molar-refractivity contribution in [3.05, 3.63) is 108 Å². The number of nitrogens with zero attached hydrogens (tertiary/aromatic N) is 1. The molecule has 0 spiro atoms. The third-order valence-corrected chi connectivity index (χ3v) is 5.79. The molecule has 0 bridgehead atoms. The molecule has 2 N–H and O–H groups in total. The van der Waals surface area contributed by atoms with Gasteiger partial charge in [-0.1, -0.05) is 97.9 Å². The van der Waals surface area contributed by atoms with E-state index < -0.39 is 29.3 Å². The molecular formula is C27H26N2O3. The van der Waals surface area contributed by atoms with Gasteiger partial charge in [-0.05, 0) is 16.7 Å². The van der Waals surface area contributed by atoms with E-state index in [0.29, 0.717) is 0 Å². The number of aliphatic carboxylic acids is 1. The summed E-state index contributed by atoms with van der Waals surface area (Å²) in [6.45, 7) is 1.65. The predicted octanol–water partition coefficient (Wildman–Crippen LogP) is 4.53.